The summed E-state index contributed by atoms with van der Waals surface area (Å²) < 4.78 is 2.84. The molecule has 0 spiro atoms. The van der Waals surface area contributed by atoms with Gasteiger partial charge in [0.2, 0.25) is 0 Å². The van der Waals surface area contributed by atoms with Gasteiger partial charge in [-0.25, -0.2) is 4.98 Å². The summed E-state index contributed by atoms with van der Waals surface area (Å²) in [5, 5.41) is 3.56. The lowest BCUT2D eigenvalue weighted by Crippen LogP contribution is -2.25. The highest BCUT2D eigenvalue weighted by Crippen LogP contribution is 2.28. The molecule has 0 aromatic carbocycles. The number of aromatic nitrogens is 2. The molecule has 1 aliphatic rings. The average Bonchev–Trinajstić information content (AvgIpc) is 3.27. The monoisotopic (exact) mass is 437 g/mol. The molecule has 3 aromatic rings. The summed E-state index contributed by atoms with van der Waals surface area (Å²) in [6.45, 7) is 3.14. The number of halogens is 1. The molecule has 4 heterocycles. The topological polar surface area (TPSA) is 64.0 Å². The van der Waals surface area contributed by atoms with Gasteiger partial charge in [-0.2, -0.15) is 0 Å². The zero-order valence-corrected chi connectivity index (χ0v) is 16.8. The Morgan fingerprint density at radius 1 is 1.40 bits per heavy atom. The van der Waals surface area contributed by atoms with Crippen molar-refractivity contribution >= 4 is 54.7 Å². The molecule has 0 radical (unpaired) electrons. The van der Waals surface area contributed by atoms with Crippen molar-refractivity contribution in [3.63, 3.8) is 0 Å². The minimum absolute atomic E-state index is 0.00580. The van der Waals surface area contributed by atoms with Crippen molar-refractivity contribution < 1.29 is 4.79 Å². The number of fused-ring (bicyclic) bond motifs is 2. The third-order valence-corrected chi connectivity index (χ3v) is 7.27. The van der Waals surface area contributed by atoms with Gasteiger partial charge < -0.3 is 5.32 Å². The summed E-state index contributed by atoms with van der Waals surface area (Å²) in [6.07, 6.45) is 2.59. The van der Waals surface area contributed by atoms with E-state index in [-0.39, 0.29) is 11.5 Å². The van der Waals surface area contributed by atoms with Crippen molar-refractivity contribution in [2.45, 2.75) is 32.7 Å². The van der Waals surface area contributed by atoms with E-state index in [1.165, 1.54) is 16.2 Å². The summed E-state index contributed by atoms with van der Waals surface area (Å²) >= 11 is 6.43. The number of amides is 1. The third-order valence-electron chi connectivity index (χ3n) is 4.40. The normalized spacial score (nSPS) is 13.4. The molecule has 0 unspecified atom stereocenters. The van der Waals surface area contributed by atoms with E-state index in [9.17, 15) is 9.59 Å². The maximum absolute atomic E-state index is 12.7. The minimum atomic E-state index is -0.124. The van der Waals surface area contributed by atoms with E-state index in [4.69, 9.17) is 0 Å². The maximum Gasteiger partial charge on any atom is 0.262 e. The van der Waals surface area contributed by atoms with E-state index < -0.39 is 0 Å². The lowest BCUT2D eigenvalue weighted by molar-refractivity contribution is 0.0958. The first-order valence-electron chi connectivity index (χ1n) is 8.10. The van der Waals surface area contributed by atoms with Gasteiger partial charge in [0.05, 0.1) is 14.0 Å². The van der Waals surface area contributed by atoms with Crippen LogP contribution in [-0.2, 0) is 19.4 Å². The summed E-state index contributed by atoms with van der Waals surface area (Å²) in [5.74, 6) is 0.717. The van der Waals surface area contributed by atoms with Crippen molar-refractivity contribution in [3.05, 3.63) is 47.4 Å². The molecule has 4 rings (SSSR count). The van der Waals surface area contributed by atoms with Crippen LogP contribution in [0.5, 0.6) is 0 Å². The Balaban J connectivity index is 1.56. The van der Waals surface area contributed by atoms with Gasteiger partial charge in [0.25, 0.3) is 11.5 Å². The molecule has 0 bridgehead atoms. The zero-order valence-electron chi connectivity index (χ0n) is 13.6. The van der Waals surface area contributed by atoms with Crippen LogP contribution in [0.25, 0.3) is 10.2 Å². The van der Waals surface area contributed by atoms with Gasteiger partial charge in [-0.1, -0.05) is 0 Å². The van der Waals surface area contributed by atoms with E-state index in [0.29, 0.717) is 21.6 Å². The van der Waals surface area contributed by atoms with Crippen LogP contribution >= 0.6 is 38.6 Å². The molecule has 0 saturated heterocycles. The van der Waals surface area contributed by atoms with Crippen molar-refractivity contribution in [3.8, 4) is 0 Å². The van der Waals surface area contributed by atoms with E-state index >= 15 is 0 Å². The molecule has 5 nitrogen and oxygen atoms in total. The molecule has 0 atom stereocenters. The van der Waals surface area contributed by atoms with Crippen LogP contribution in [0, 0.1) is 6.92 Å². The fraction of sp³-hybridized carbons (Fsp3) is 0.353. The Bertz CT molecular complexity index is 1030. The molecule has 25 heavy (non-hydrogen) atoms. The van der Waals surface area contributed by atoms with E-state index in [2.05, 4.69) is 32.3 Å². The van der Waals surface area contributed by atoms with Crippen molar-refractivity contribution in [1.29, 1.82) is 0 Å². The highest BCUT2D eigenvalue weighted by molar-refractivity contribution is 9.11. The molecule has 130 valence electrons. The largest absolute Gasteiger partial charge is 0.351 e. The van der Waals surface area contributed by atoms with Gasteiger partial charge in [-0.15, -0.1) is 22.7 Å². The smallest absolute Gasteiger partial charge is 0.262 e. The van der Waals surface area contributed by atoms with Crippen LogP contribution in [0.2, 0.25) is 0 Å². The molecule has 0 aliphatic carbocycles. The summed E-state index contributed by atoms with van der Waals surface area (Å²) in [7, 11) is 0. The number of aryl methyl sites for hydroxylation is 2. The predicted molar refractivity (Wildman–Crippen MR) is 105 cm³/mol. The zero-order chi connectivity index (χ0) is 17.6. The Morgan fingerprint density at radius 2 is 2.24 bits per heavy atom. The average molecular weight is 438 g/mol. The number of thiophene rings is 2. The highest BCUT2D eigenvalue weighted by atomic mass is 79.9. The van der Waals surface area contributed by atoms with E-state index in [1.54, 1.807) is 15.9 Å². The first-order valence-corrected chi connectivity index (χ1v) is 10.5. The lowest BCUT2D eigenvalue weighted by atomic mass is 10.2. The van der Waals surface area contributed by atoms with Gasteiger partial charge in [0, 0.05) is 24.4 Å². The van der Waals surface area contributed by atoms with Crippen LogP contribution in [0.4, 0.5) is 0 Å². The number of carbonyl (C=O) groups excluding carboxylic acids is 1. The second-order valence-electron chi connectivity index (χ2n) is 6.04. The van der Waals surface area contributed by atoms with Gasteiger partial charge in [-0.3, -0.25) is 14.2 Å². The quantitative estimate of drug-likeness (QED) is 0.678. The Morgan fingerprint density at radius 3 is 3.00 bits per heavy atom. The number of carbonyl (C=O) groups is 1. The van der Waals surface area contributed by atoms with Gasteiger partial charge in [0.1, 0.15) is 10.7 Å². The predicted octanol–water partition coefficient (Wildman–Crippen LogP) is 3.51. The van der Waals surface area contributed by atoms with Crippen molar-refractivity contribution in [2.75, 3.05) is 6.54 Å². The second kappa shape index (κ2) is 6.66. The van der Waals surface area contributed by atoms with Gasteiger partial charge in [-0.05, 0) is 53.4 Å². The van der Waals surface area contributed by atoms with Crippen LogP contribution in [-0.4, -0.2) is 22.0 Å². The van der Waals surface area contributed by atoms with Crippen LogP contribution in [0.1, 0.15) is 32.4 Å². The highest BCUT2D eigenvalue weighted by Gasteiger charge is 2.23. The maximum atomic E-state index is 12.7. The molecule has 1 amide bonds. The van der Waals surface area contributed by atoms with E-state index in [0.717, 1.165) is 41.0 Å². The fourth-order valence-corrected chi connectivity index (χ4v) is 5.75. The number of nitrogens with one attached hydrogen (secondary N) is 1. The van der Waals surface area contributed by atoms with Crippen LogP contribution in [0.15, 0.2) is 20.7 Å². The molecule has 1 aliphatic heterocycles. The minimum Gasteiger partial charge on any atom is -0.351 e. The number of rotatable bonds is 4. The number of hydrogen-bond donors (Lipinski definition) is 1. The van der Waals surface area contributed by atoms with Gasteiger partial charge >= 0.3 is 0 Å². The number of hydrogen-bond acceptors (Lipinski definition) is 5. The first-order chi connectivity index (χ1) is 12.0. The molecule has 8 heteroatoms. The summed E-state index contributed by atoms with van der Waals surface area (Å²) in [6, 6.07) is 4.06. The summed E-state index contributed by atoms with van der Waals surface area (Å²) in [5.41, 5.74) is 0.741. The van der Waals surface area contributed by atoms with Crippen LogP contribution < -0.4 is 10.9 Å². The fourth-order valence-electron chi connectivity index (χ4n) is 3.16. The van der Waals surface area contributed by atoms with Gasteiger partial charge in [0.15, 0.2) is 0 Å². The molecular weight excluding hydrogens is 422 g/mol. The second-order valence-corrected chi connectivity index (χ2v) is 9.58. The standard InChI is InChI=1S/C17H16BrN3O2S2/c1-9-13-16(20-12-3-2-8-21(12)17(13)23)25-14(9)15(22)19-7-6-10-4-5-11(18)24-10/h4-5H,2-3,6-8H2,1H3,(H,19,22). The van der Waals surface area contributed by atoms with E-state index in [1.807, 2.05) is 13.0 Å². The lowest BCUT2D eigenvalue weighted by Gasteiger charge is -2.03. The Hall–Kier alpha value is -1.51. The molecule has 1 N–H and O–H groups in total. The Kier molecular flexibility index (Phi) is 4.51. The van der Waals surface area contributed by atoms with Crippen molar-refractivity contribution in [1.82, 2.24) is 14.9 Å². The third kappa shape index (κ3) is 3.07. The summed E-state index contributed by atoms with van der Waals surface area (Å²) in [4.78, 5) is 32.3. The number of nitrogens with zero attached hydrogens (tertiary/aromatic N) is 2. The van der Waals surface area contributed by atoms with Crippen molar-refractivity contribution in [2.24, 2.45) is 0 Å². The SMILES string of the molecule is Cc1c(C(=O)NCCc2ccc(Br)s2)sc2nc3n(c(=O)c12)CCC3. The Labute approximate surface area is 160 Å². The molecule has 3 aromatic heterocycles. The molecule has 0 saturated carbocycles. The molecular formula is C17H16BrN3O2S2. The van der Waals surface area contributed by atoms with Crippen LogP contribution in [0.3, 0.4) is 0 Å². The first kappa shape index (κ1) is 16.9. The molecule has 0 fully saturated rings.